The quantitative estimate of drug-likeness (QED) is 0.205. The Balaban J connectivity index is 3.15. The predicted molar refractivity (Wildman–Crippen MR) is 119 cm³/mol. The second kappa shape index (κ2) is 11.9. The van der Waals surface area contributed by atoms with Crippen molar-refractivity contribution in [2.45, 2.75) is 45.8 Å². The van der Waals surface area contributed by atoms with Gasteiger partial charge in [0.2, 0.25) is 0 Å². The van der Waals surface area contributed by atoms with Crippen molar-refractivity contribution in [3.63, 3.8) is 0 Å². The number of aryl methyl sites for hydroxylation is 2. The lowest BCUT2D eigenvalue weighted by Crippen LogP contribution is -2.33. The standard InChI is InChI=1S/C23H30ClF3N2O/c1-6-8-20(13-18(7-2)14-28-10-9-17(5)30)29-22(23(25,26)27)19-11-15(3)21(24)16(4)12-19/h6,8,11-13,22,28-30H,1,5,7,9-10,14H2,2-4H3/b18-13+,20-8+/t22-/m0/s1. The fourth-order valence-electron chi connectivity index (χ4n) is 2.91. The van der Waals surface area contributed by atoms with Crippen LogP contribution in [-0.2, 0) is 0 Å². The zero-order valence-corrected chi connectivity index (χ0v) is 18.4. The van der Waals surface area contributed by atoms with Crippen molar-refractivity contribution in [1.29, 1.82) is 0 Å². The molecule has 0 aliphatic carbocycles. The zero-order chi connectivity index (χ0) is 22.9. The summed E-state index contributed by atoms with van der Waals surface area (Å²) in [4.78, 5) is 0. The smallest absolute Gasteiger partial charge is 0.412 e. The van der Waals surface area contributed by atoms with Gasteiger partial charge in [0.05, 0.1) is 5.76 Å². The van der Waals surface area contributed by atoms with Crippen LogP contribution in [0.2, 0.25) is 5.02 Å². The van der Waals surface area contributed by atoms with Crippen LogP contribution < -0.4 is 10.6 Å². The Morgan fingerprint density at radius 3 is 2.33 bits per heavy atom. The largest absolute Gasteiger partial charge is 0.513 e. The maximum absolute atomic E-state index is 13.9. The third-order valence-electron chi connectivity index (χ3n) is 4.48. The lowest BCUT2D eigenvalue weighted by atomic mass is 10.00. The van der Waals surface area contributed by atoms with Crippen LogP contribution >= 0.6 is 11.6 Å². The van der Waals surface area contributed by atoms with Gasteiger partial charge in [0.25, 0.3) is 0 Å². The van der Waals surface area contributed by atoms with Crippen LogP contribution in [0.15, 0.2) is 60.5 Å². The number of rotatable bonds is 11. The molecule has 1 atom stereocenters. The minimum atomic E-state index is -4.51. The van der Waals surface area contributed by atoms with Gasteiger partial charge in [-0.1, -0.05) is 55.5 Å². The molecule has 7 heteroatoms. The average Bonchev–Trinajstić information content (AvgIpc) is 2.64. The molecule has 3 N–H and O–H groups in total. The first-order valence-electron chi connectivity index (χ1n) is 9.69. The van der Waals surface area contributed by atoms with Crippen LogP contribution in [0, 0.1) is 13.8 Å². The van der Waals surface area contributed by atoms with Gasteiger partial charge in [-0.05, 0) is 49.1 Å². The minimum absolute atomic E-state index is 0.0833. The van der Waals surface area contributed by atoms with Crippen molar-refractivity contribution in [2.24, 2.45) is 0 Å². The molecule has 0 aliphatic rings. The first kappa shape index (κ1) is 25.9. The topological polar surface area (TPSA) is 44.3 Å². The Morgan fingerprint density at radius 2 is 1.87 bits per heavy atom. The van der Waals surface area contributed by atoms with E-state index in [1.807, 2.05) is 6.92 Å². The molecule has 0 amide bonds. The molecular formula is C23H30ClF3N2O. The molecule has 0 spiro atoms. The van der Waals surface area contributed by atoms with Crippen molar-refractivity contribution < 1.29 is 18.3 Å². The fraction of sp³-hybridized carbons (Fsp3) is 0.391. The van der Waals surface area contributed by atoms with Gasteiger partial charge >= 0.3 is 6.18 Å². The predicted octanol–water partition coefficient (Wildman–Crippen LogP) is 6.61. The van der Waals surface area contributed by atoms with Gasteiger partial charge in [-0.15, -0.1) is 0 Å². The van der Waals surface area contributed by atoms with Crippen molar-refractivity contribution >= 4 is 11.6 Å². The summed E-state index contributed by atoms with van der Waals surface area (Å²) in [6, 6.07) is 1.03. The van der Waals surface area contributed by atoms with Crippen molar-refractivity contribution in [2.75, 3.05) is 13.1 Å². The van der Waals surface area contributed by atoms with Crippen LogP contribution in [0.25, 0.3) is 0 Å². The molecule has 1 rings (SSSR count). The second-order valence-corrected chi connectivity index (χ2v) is 7.47. The van der Waals surface area contributed by atoms with E-state index in [0.717, 1.165) is 5.57 Å². The highest BCUT2D eigenvalue weighted by atomic mass is 35.5. The summed E-state index contributed by atoms with van der Waals surface area (Å²) >= 11 is 6.13. The van der Waals surface area contributed by atoms with E-state index in [4.69, 9.17) is 16.7 Å². The highest BCUT2D eigenvalue weighted by molar-refractivity contribution is 6.32. The van der Waals surface area contributed by atoms with Gasteiger partial charge in [0, 0.05) is 30.2 Å². The minimum Gasteiger partial charge on any atom is -0.513 e. The lowest BCUT2D eigenvalue weighted by Gasteiger charge is -2.25. The summed E-state index contributed by atoms with van der Waals surface area (Å²) < 4.78 is 41.7. The summed E-state index contributed by atoms with van der Waals surface area (Å²) in [6.45, 7) is 13.3. The number of benzene rings is 1. The lowest BCUT2D eigenvalue weighted by molar-refractivity contribution is -0.155. The first-order chi connectivity index (χ1) is 14.0. The van der Waals surface area contributed by atoms with Crippen LogP contribution in [0.1, 0.15) is 42.5 Å². The SMILES string of the molecule is C=C/C=C(\C=C(/CC)CNCCC(=C)O)N[C@@H](c1cc(C)c(Cl)c(C)c1)C(F)(F)F. The van der Waals surface area contributed by atoms with Gasteiger partial charge in [-0.3, -0.25) is 0 Å². The van der Waals surface area contributed by atoms with Crippen LogP contribution in [-0.4, -0.2) is 24.4 Å². The molecule has 0 aliphatic heterocycles. The number of halogens is 4. The highest BCUT2D eigenvalue weighted by Gasteiger charge is 2.41. The van der Waals surface area contributed by atoms with E-state index in [1.54, 1.807) is 19.9 Å². The maximum Gasteiger partial charge on any atom is 0.412 e. The monoisotopic (exact) mass is 442 g/mol. The van der Waals surface area contributed by atoms with E-state index in [2.05, 4.69) is 23.8 Å². The summed E-state index contributed by atoms with van der Waals surface area (Å²) in [5.41, 5.74) is 2.50. The molecule has 0 aromatic heterocycles. The Labute approximate surface area is 182 Å². The van der Waals surface area contributed by atoms with Gasteiger partial charge in [0.1, 0.15) is 6.04 Å². The summed E-state index contributed by atoms with van der Waals surface area (Å²) in [5, 5.41) is 15.4. The first-order valence-corrected chi connectivity index (χ1v) is 10.1. The zero-order valence-electron chi connectivity index (χ0n) is 17.7. The summed E-state index contributed by atoms with van der Waals surface area (Å²) in [5.74, 6) is 0.0833. The third-order valence-corrected chi connectivity index (χ3v) is 5.08. The Hall–Kier alpha value is -2.18. The summed E-state index contributed by atoms with van der Waals surface area (Å²) in [7, 11) is 0. The Kier molecular flexibility index (Phi) is 10.2. The molecule has 0 bridgehead atoms. The van der Waals surface area contributed by atoms with Crippen LogP contribution in [0.5, 0.6) is 0 Å². The molecule has 0 saturated carbocycles. The molecule has 1 aromatic carbocycles. The Bertz CT molecular complexity index is 790. The van der Waals surface area contributed by atoms with E-state index >= 15 is 0 Å². The van der Waals surface area contributed by atoms with Gasteiger partial charge in [-0.25, -0.2) is 0 Å². The van der Waals surface area contributed by atoms with Crippen molar-refractivity contribution in [1.82, 2.24) is 10.6 Å². The molecule has 166 valence electrons. The van der Waals surface area contributed by atoms with Crippen molar-refractivity contribution in [3.05, 3.63) is 82.3 Å². The molecule has 0 fully saturated rings. The van der Waals surface area contributed by atoms with Crippen LogP contribution in [0.4, 0.5) is 13.2 Å². The average molecular weight is 443 g/mol. The van der Waals surface area contributed by atoms with Crippen molar-refractivity contribution in [3.8, 4) is 0 Å². The number of allylic oxidation sites excluding steroid dienone is 3. The van der Waals surface area contributed by atoms with E-state index in [9.17, 15) is 13.2 Å². The number of aliphatic hydroxyl groups excluding tert-OH is 1. The molecular weight excluding hydrogens is 413 g/mol. The molecule has 30 heavy (non-hydrogen) atoms. The number of hydrogen-bond acceptors (Lipinski definition) is 3. The third kappa shape index (κ3) is 8.28. The molecule has 0 radical (unpaired) electrons. The van der Waals surface area contributed by atoms with E-state index in [-0.39, 0.29) is 11.3 Å². The Morgan fingerprint density at radius 1 is 1.27 bits per heavy atom. The second-order valence-electron chi connectivity index (χ2n) is 7.09. The normalized spacial score (nSPS) is 13.8. The van der Waals surface area contributed by atoms with Gasteiger partial charge in [-0.2, -0.15) is 13.2 Å². The van der Waals surface area contributed by atoms with Gasteiger partial charge in [0.15, 0.2) is 0 Å². The van der Waals surface area contributed by atoms with Gasteiger partial charge < -0.3 is 15.7 Å². The number of nitrogens with one attached hydrogen (secondary N) is 2. The van der Waals surface area contributed by atoms with E-state index in [1.165, 1.54) is 24.3 Å². The number of alkyl halides is 3. The van der Waals surface area contributed by atoms with E-state index in [0.29, 0.717) is 47.8 Å². The van der Waals surface area contributed by atoms with Crippen LogP contribution in [0.3, 0.4) is 0 Å². The molecule has 3 nitrogen and oxygen atoms in total. The molecule has 0 heterocycles. The number of aliphatic hydroxyl groups is 1. The van der Waals surface area contributed by atoms with E-state index < -0.39 is 12.2 Å². The number of hydrogen-bond donors (Lipinski definition) is 3. The highest BCUT2D eigenvalue weighted by Crippen LogP contribution is 2.36. The summed E-state index contributed by atoms with van der Waals surface area (Å²) in [6.07, 6.45) is 1.21. The maximum atomic E-state index is 13.9. The molecule has 1 aromatic rings. The fourth-order valence-corrected chi connectivity index (χ4v) is 3.02. The molecule has 0 saturated heterocycles. The molecule has 0 unspecified atom stereocenters.